The highest BCUT2D eigenvalue weighted by Gasteiger charge is 2.13. The lowest BCUT2D eigenvalue weighted by Gasteiger charge is -2.10. The molecule has 0 radical (unpaired) electrons. The van der Waals surface area contributed by atoms with Crippen molar-refractivity contribution in [2.75, 3.05) is 5.32 Å². The maximum absolute atomic E-state index is 12.7. The highest BCUT2D eigenvalue weighted by molar-refractivity contribution is 9.10. The normalized spacial score (nSPS) is 10.6. The topological polar surface area (TPSA) is 56.2 Å². The number of nitrogens with one attached hydrogen (secondary N) is 1. The van der Waals surface area contributed by atoms with Crippen molar-refractivity contribution in [3.63, 3.8) is 0 Å². The van der Waals surface area contributed by atoms with E-state index in [1.807, 2.05) is 72.8 Å². The number of para-hydroxylation sites is 1. The fourth-order valence-electron chi connectivity index (χ4n) is 2.70. The molecule has 0 aliphatic heterocycles. The van der Waals surface area contributed by atoms with E-state index in [4.69, 9.17) is 16.3 Å². The summed E-state index contributed by atoms with van der Waals surface area (Å²) in [5, 5.41) is 7.94. The van der Waals surface area contributed by atoms with E-state index < -0.39 is 0 Å². The molecule has 0 saturated carbocycles. The lowest BCUT2D eigenvalue weighted by atomic mass is 10.3. The van der Waals surface area contributed by atoms with E-state index in [1.54, 1.807) is 28.7 Å². The Hall–Kier alpha value is -2.74. The Bertz CT molecular complexity index is 1180. The molecule has 1 N–H and O–H groups in total. The van der Waals surface area contributed by atoms with Gasteiger partial charge in [-0.25, -0.2) is 4.68 Å². The van der Waals surface area contributed by atoms with Crippen molar-refractivity contribution < 1.29 is 9.53 Å². The molecule has 8 heteroatoms. The van der Waals surface area contributed by atoms with Gasteiger partial charge in [-0.15, -0.1) is 0 Å². The van der Waals surface area contributed by atoms with Gasteiger partial charge in [0.15, 0.2) is 12.4 Å². The van der Waals surface area contributed by atoms with E-state index in [-0.39, 0.29) is 12.6 Å². The van der Waals surface area contributed by atoms with Crippen molar-refractivity contribution in [3.05, 3.63) is 100 Å². The van der Waals surface area contributed by atoms with Gasteiger partial charge in [-0.2, -0.15) is 5.10 Å². The number of carbonyl (C=O) groups is 1. The largest absolute Gasteiger partial charge is 0.471 e. The maximum Gasteiger partial charge on any atom is 0.276 e. The van der Waals surface area contributed by atoms with Crippen LogP contribution in [0.25, 0.3) is 0 Å². The van der Waals surface area contributed by atoms with Gasteiger partial charge in [0.1, 0.15) is 5.75 Å². The van der Waals surface area contributed by atoms with Gasteiger partial charge in [0.25, 0.3) is 5.91 Å². The number of halogens is 2. The molecule has 4 aromatic rings. The first-order valence-corrected chi connectivity index (χ1v) is 11.3. The van der Waals surface area contributed by atoms with E-state index >= 15 is 0 Å². The van der Waals surface area contributed by atoms with E-state index in [9.17, 15) is 4.79 Å². The van der Waals surface area contributed by atoms with Crippen LogP contribution in [0.4, 0.5) is 5.69 Å². The second-order valence-corrected chi connectivity index (χ2v) is 8.94. The lowest BCUT2D eigenvalue weighted by Crippen LogP contribution is -2.14. The highest BCUT2D eigenvalue weighted by atomic mass is 79.9. The van der Waals surface area contributed by atoms with Crippen molar-refractivity contribution in [3.8, 4) is 5.75 Å². The average molecular weight is 515 g/mol. The molecule has 156 valence electrons. The van der Waals surface area contributed by atoms with Crippen LogP contribution in [0, 0.1) is 0 Å². The van der Waals surface area contributed by atoms with E-state index in [0.717, 1.165) is 20.0 Å². The molecule has 0 unspecified atom stereocenters. The van der Waals surface area contributed by atoms with Crippen molar-refractivity contribution in [1.82, 2.24) is 9.78 Å². The zero-order chi connectivity index (χ0) is 21.6. The first-order valence-electron chi connectivity index (χ1n) is 9.32. The third kappa shape index (κ3) is 5.91. The standard InChI is InChI=1S/C23H17BrClN3O2S/c24-16-5-9-18(10-6-16)30-15-28-14-13-21(27-28)23(29)26-20-3-1-2-4-22(20)31-19-11-7-17(25)8-12-19/h1-14H,15H2,(H,26,29). The number of amides is 1. The summed E-state index contributed by atoms with van der Waals surface area (Å²) in [6.45, 7) is 0.206. The summed E-state index contributed by atoms with van der Waals surface area (Å²) in [7, 11) is 0. The molecule has 5 nitrogen and oxygen atoms in total. The van der Waals surface area contributed by atoms with E-state index in [0.29, 0.717) is 16.4 Å². The quantitative estimate of drug-likeness (QED) is 0.297. The van der Waals surface area contributed by atoms with Crippen molar-refractivity contribution >= 4 is 50.9 Å². The number of anilines is 1. The number of rotatable bonds is 7. The maximum atomic E-state index is 12.7. The summed E-state index contributed by atoms with van der Waals surface area (Å²) in [5.74, 6) is 0.435. The number of hydrogen-bond donors (Lipinski definition) is 1. The predicted octanol–water partition coefficient (Wildman–Crippen LogP) is 6.74. The van der Waals surface area contributed by atoms with Crippen LogP contribution < -0.4 is 10.1 Å². The Morgan fingerprint density at radius 2 is 1.77 bits per heavy atom. The summed E-state index contributed by atoms with van der Waals surface area (Å²) >= 11 is 10.9. The SMILES string of the molecule is O=C(Nc1ccccc1Sc1ccc(Cl)cc1)c1ccn(COc2ccc(Br)cc2)n1. The monoisotopic (exact) mass is 513 g/mol. The molecule has 1 aromatic heterocycles. The second kappa shape index (κ2) is 10.0. The van der Waals surface area contributed by atoms with Gasteiger partial charge in [0.2, 0.25) is 0 Å². The van der Waals surface area contributed by atoms with Crippen LogP contribution in [0.15, 0.2) is 99.3 Å². The first kappa shape index (κ1) is 21.5. The molecule has 0 fully saturated rings. The Morgan fingerprint density at radius 3 is 2.55 bits per heavy atom. The van der Waals surface area contributed by atoms with Gasteiger partial charge in [0.05, 0.1) is 5.69 Å². The zero-order valence-corrected chi connectivity index (χ0v) is 19.3. The Balaban J connectivity index is 1.40. The minimum Gasteiger partial charge on any atom is -0.471 e. The molecule has 0 bridgehead atoms. The molecule has 1 heterocycles. The molecule has 0 atom stereocenters. The summed E-state index contributed by atoms with van der Waals surface area (Å²) in [4.78, 5) is 14.7. The Kier molecular flexibility index (Phi) is 6.96. The van der Waals surface area contributed by atoms with Crippen LogP contribution in [-0.2, 0) is 6.73 Å². The molecule has 0 aliphatic carbocycles. The number of hydrogen-bond acceptors (Lipinski definition) is 4. The third-order valence-corrected chi connectivity index (χ3v) is 6.09. The van der Waals surface area contributed by atoms with Crippen molar-refractivity contribution in [2.45, 2.75) is 16.5 Å². The van der Waals surface area contributed by atoms with Gasteiger partial charge >= 0.3 is 0 Å². The lowest BCUT2D eigenvalue weighted by molar-refractivity contribution is 0.102. The number of carbonyl (C=O) groups excluding carboxylic acids is 1. The Morgan fingerprint density at radius 1 is 1.03 bits per heavy atom. The molecule has 1 amide bonds. The molecule has 4 rings (SSSR count). The predicted molar refractivity (Wildman–Crippen MR) is 127 cm³/mol. The van der Waals surface area contributed by atoms with Crippen LogP contribution >= 0.6 is 39.3 Å². The minimum absolute atomic E-state index is 0.206. The van der Waals surface area contributed by atoms with Gasteiger partial charge in [-0.3, -0.25) is 4.79 Å². The number of benzene rings is 3. The zero-order valence-electron chi connectivity index (χ0n) is 16.2. The molecule has 31 heavy (non-hydrogen) atoms. The first-order chi connectivity index (χ1) is 15.1. The number of nitrogens with zero attached hydrogens (tertiary/aromatic N) is 2. The fourth-order valence-corrected chi connectivity index (χ4v) is 3.99. The van der Waals surface area contributed by atoms with Crippen LogP contribution in [0.1, 0.15) is 10.5 Å². The van der Waals surface area contributed by atoms with E-state index in [1.165, 1.54) is 0 Å². The summed E-state index contributed by atoms with van der Waals surface area (Å²) in [5.41, 5.74) is 1.03. The average Bonchev–Trinajstić information content (AvgIpc) is 3.26. The minimum atomic E-state index is -0.286. The van der Waals surface area contributed by atoms with Crippen molar-refractivity contribution in [1.29, 1.82) is 0 Å². The van der Waals surface area contributed by atoms with Crippen LogP contribution in [-0.4, -0.2) is 15.7 Å². The van der Waals surface area contributed by atoms with Crippen LogP contribution in [0.2, 0.25) is 5.02 Å². The second-order valence-electron chi connectivity index (χ2n) is 6.47. The molecule has 0 saturated heterocycles. The van der Waals surface area contributed by atoms with Gasteiger partial charge < -0.3 is 10.1 Å². The van der Waals surface area contributed by atoms with Crippen LogP contribution in [0.3, 0.4) is 0 Å². The van der Waals surface area contributed by atoms with Gasteiger partial charge in [0, 0.05) is 25.5 Å². The molecule has 0 aliphatic rings. The molecule has 3 aromatic carbocycles. The van der Waals surface area contributed by atoms with E-state index in [2.05, 4.69) is 26.3 Å². The summed E-state index contributed by atoms with van der Waals surface area (Å²) in [6.07, 6.45) is 1.71. The third-order valence-electron chi connectivity index (χ3n) is 4.23. The summed E-state index contributed by atoms with van der Waals surface area (Å²) < 4.78 is 8.24. The fraction of sp³-hybridized carbons (Fsp3) is 0.0435. The smallest absolute Gasteiger partial charge is 0.276 e. The molecular formula is C23H17BrClN3O2S. The van der Waals surface area contributed by atoms with Gasteiger partial charge in [-0.05, 0) is 66.7 Å². The summed E-state index contributed by atoms with van der Waals surface area (Å²) in [6, 6.07) is 24.4. The molecular weight excluding hydrogens is 498 g/mol. The molecule has 0 spiro atoms. The highest BCUT2D eigenvalue weighted by Crippen LogP contribution is 2.34. The van der Waals surface area contributed by atoms with Gasteiger partial charge in [-0.1, -0.05) is 51.4 Å². The van der Waals surface area contributed by atoms with Crippen molar-refractivity contribution in [2.24, 2.45) is 0 Å². The Labute approximate surface area is 197 Å². The van der Waals surface area contributed by atoms with Crippen LogP contribution in [0.5, 0.6) is 5.75 Å². The number of aromatic nitrogens is 2. The number of ether oxygens (including phenoxy) is 1.